The first kappa shape index (κ1) is 20.7. The van der Waals surface area contributed by atoms with E-state index in [2.05, 4.69) is 0 Å². The van der Waals surface area contributed by atoms with Crippen molar-refractivity contribution in [3.05, 3.63) is 63.5 Å². The van der Waals surface area contributed by atoms with Crippen LogP contribution in [0.2, 0.25) is 0 Å². The van der Waals surface area contributed by atoms with Gasteiger partial charge in [-0.15, -0.1) is 0 Å². The van der Waals surface area contributed by atoms with Gasteiger partial charge < -0.3 is 9.47 Å². The van der Waals surface area contributed by atoms with E-state index in [-0.39, 0.29) is 41.0 Å². The van der Waals surface area contributed by atoms with E-state index in [1.807, 2.05) is 0 Å². The molecular formula is C20H20FN3O4S2. The number of rotatable bonds is 4. The van der Waals surface area contributed by atoms with Crippen LogP contribution in [0.15, 0.2) is 52.2 Å². The van der Waals surface area contributed by atoms with Gasteiger partial charge in [-0.2, -0.15) is 4.31 Å². The molecule has 1 saturated heterocycles. The highest BCUT2D eigenvalue weighted by atomic mass is 32.2. The van der Waals surface area contributed by atoms with Gasteiger partial charge >= 0.3 is 4.87 Å². The van der Waals surface area contributed by atoms with E-state index >= 15 is 0 Å². The fourth-order valence-corrected chi connectivity index (χ4v) is 5.93. The largest absolute Gasteiger partial charge is 0.340 e. The third-order valence-electron chi connectivity index (χ3n) is 5.26. The van der Waals surface area contributed by atoms with Gasteiger partial charge in [-0.05, 0) is 35.9 Å². The van der Waals surface area contributed by atoms with E-state index in [1.165, 1.54) is 33.1 Å². The molecule has 30 heavy (non-hydrogen) atoms. The smallest absolute Gasteiger partial charge is 0.307 e. The molecule has 0 saturated carbocycles. The zero-order chi connectivity index (χ0) is 21.5. The summed E-state index contributed by atoms with van der Waals surface area (Å²) in [6, 6.07) is 10.5. The molecule has 2 aromatic carbocycles. The molecule has 1 amide bonds. The number of piperazine rings is 1. The standard InChI is InChI=1S/C20H20FN3O4S2/c1-22-17-7-6-16(13-18(17)29-20(22)26)30(27,28)24-10-8-23(9-11-24)19(25)12-14-2-4-15(21)5-3-14/h2-7,13H,8-12H2,1H3. The highest BCUT2D eigenvalue weighted by molar-refractivity contribution is 7.89. The molecule has 158 valence electrons. The summed E-state index contributed by atoms with van der Waals surface area (Å²) in [5, 5.41) is 0. The molecule has 1 aromatic heterocycles. The monoisotopic (exact) mass is 449 g/mol. The molecule has 0 bridgehead atoms. The molecule has 4 rings (SSSR count). The second-order valence-corrected chi connectivity index (χ2v) is 10.1. The summed E-state index contributed by atoms with van der Waals surface area (Å²) in [5.41, 5.74) is 1.41. The summed E-state index contributed by atoms with van der Waals surface area (Å²) in [5.74, 6) is -0.472. The number of halogens is 1. The Hall–Kier alpha value is -2.56. The molecule has 1 fully saturated rings. The Morgan fingerprint density at radius 2 is 1.73 bits per heavy atom. The Bertz CT molecular complexity index is 1260. The number of sulfonamides is 1. The number of carbonyl (C=O) groups is 1. The Morgan fingerprint density at radius 3 is 2.40 bits per heavy atom. The van der Waals surface area contributed by atoms with Crippen LogP contribution in [0, 0.1) is 5.82 Å². The molecule has 7 nitrogen and oxygen atoms in total. The van der Waals surface area contributed by atoms with E-state index in [0.29, 0.717) is 28.9 Å². The van der Waals surface area contributed by atoms with Crippen molar-refractivity contribution in [3.63, 3.8) is 0 Å². The molecule has 10 heteroatoms. The van der Waals surface area contributed by atoms with Crippen LogP contribution in [0.3, 0.4) is 0 Å². The number of carbonyl (C=O) groups excluding carboxylic acids is 1. The van der Waals surface area contributed by atoms with E-state index in [1.54, 1.807) is 30.1 Å². The highest BCUT2D eigenvalue weighted by Crippen LogP contribution is 2.24. The first-order chi connectivity index (χ1) is 14.3. The van der Waals surface area contributed by atoms with Crippen LogP contribution < -0.4 is 4.87 Å². The van der Waals surface area contributed by atoms with Gasteiger partial charge in [0.15, 0.2) is 0 Å². The van der Waals surface area contributed by atoms with Gasteiger partial charge in [-0.25, -0.2) is 12.8 Å². The first-order valence-electron chi connectivity index (χ1n) is 9.37. The fraction of sp³-hybridized carbons (Fsp3) is 0.300. The lowest BCUT2D eigenvalue weighted by molar-refractivity contribution is -0.131. The minimum Gasteiger partial charge on any atom is -0.340 e. The van der Waals surface area contributed by atoms with Crippen molar-refractivity contribution in [2.24, 2.45) is 7.05 Å². The maximum absolute atomic E-state index is 13.0. The van der Waals surface area contributed by atoms with Gasteiger partial charge in [0, 0.05) is 33.2 Å². The number of aryl methyl sites for hydroxylation is 1. The minimum atomic E-state index is -3.72. The van der Waals surface area contributed by atoms with Crippen LogP contribution in [-0.4, -0.2) is 54.3 Å². The first-order valence-corrected chi connectivity index (χ1v) is 11.6. The van der Waals surface area contributed by atoms with Crippen molar-refractivity contribution >= 4 is 37.5 Å². The topological polar surface area (TPSA) is 79.7 Å². The van der Waals surface area contributed by atoms with Crippen LogP contribution in [0.4, 0.5) is 4.39 Å². The number of benzene rings is 2. The van der Waals surface area contributed by atoms with Crippen LogP contribution in [0.25, 0.3) is 10.2 Å². The number of aromatic nitrogens is 1. The summed E-state index contributed by atoms with van der Waals surface area (Å²) in [6.07, 6.45) is 0.149. The molecule has 3 aromatic rings. The second kappa shape index (κ2) is 7.93. The Kier molecular flexibility index (Phi) is 5.48. The van der Waals surface area contributed by atoms with Gasteiger partial charge in [0.1, 0.15) is 5.82 Å². The van der Waals surface area contributed by atoms with Crippen molar-refractivity contribution in [2.75, 3.05) is 26.2 Å². The lowest BCUT2D eigenvalue weighted by Gasteiger charge is -2.34. The van der Waals surface area contributed by atoms with E-state index in [0.717, 1.165) is 11.3 Å². The number of amides is 1. The Morgan fingerprint density at radius 1 is 1.07 bits per heavy atom. The molecule has 0 N–H and O–H groups in total. The molecule has 0 atom stereocenters. The quantitative estimate of drug-likeness (QED) is 0.609. The van der Waals surface area contributed by atoms with Crippen LogP contribution >= 0.6 is 11.3 Å². The van der Waals surface area contributed by atoms with Crippen LogP contribution in [0.1, 0.15) is 5.56 Å². The van der Waals surface area contributed by atoms with Crippen molar-refractivity contribution in [1.82, 2.24) is 13.8 Å². The molecule has 0 unspecified atom stereocenters. The van der Waals surface area contributed by atoms with E-state index in [4.69, 9.17) is 0 Å². The molecular weight excluding hydrogens is 429 g/mol. The van der Waals surface area contributed by atoms with E-state index < -0.39 is 10.0 Å². The van der Waals surface area contributed by atoms with Gasteiger partial charge in [0.05, 0.1) is 21.5 Å². The lowest BCUT2D eigenvalue weighted by Crippen LogP contribution is -2.50. The van der Waals surface area contributed by atoms with Gasteiger partial charge in [0.25, 0.3) is 0 Å². The van der Waals surface area contributed by atoms with Gasteiger partial charge in [-0.1, -0.05) is 23.5 Å². The molecule has 1 aliphatic rings. The number of hydrogen-bond acceptors (Lipinski definition) is 5. The van der Waals surface area contributed by atoms with Crippen molar-refractivity contribution in [3.8, 4) is 0 Å². The van der Waals surface area contributed by atoms with Crippen molar-refractivity contribution in [2.45, 2.75) is 11.3 Å². The van der Waals surface area contributed by atoms with Crippen molar-refractivity contribution < 1.29 is 17.6 Å². The average molecular weight is 450 g/mol. The normalized spacial score (nSPS) is 15.6. The van der Waals surface area contributed by atoms with Crippen LogP contribution in [0.5, 0.6) is 0 Å². The minimum absolute atomic E-state index is 0.117. The predicted molar refractivity (Wildman–Crippen MR) is 113 cm³/mol. The molecule has 0 spiro atoms. The number of nitrogens with zero attached hydrogens (tertiary/aromatic N) is 3. The third kappa shape index (κ3) is 3.90. The average Bonchev–Trinajstić information content (AvgIpc) is 3.03. The zero-order valence-electron chi connectivity index (χ0n) is 16.2. The molecule has 0 aliphatic carbocycles. The fourth-order valence-electron chi connectivity index (χ4n) is 3.49. The maximum Gasteiger partial charge on any atom is 0.307 e. The summed E-state index contributed by atoms with van der Waals surface area (Å²) in [6.45, 7) is 0.974. The summed E-state index contributed by atoms with van der Waals surface area (Å²) >= 11 is 1.01. The van der Waals surface area contributed by atoms with Gasteiger partial charge in [-0.3, -0.25) is 9.59 Å². The molecule has 1 aliphatic heterocycles. The second-order valence-electron chi connectivity index (χ2n) is 7.14. The number of fused-ring (bicyclic) bond motifs is 1. The summed E-state index contributed by atoms with van der Waals surface area (Å²) in [7, 11) is -2.07. The summed E-state index contributed by atoms with van der Waals surface area (Å²) in [4.78, 5) is 25.9. The number of thiazole rings is 1. The summed E-state index contributed by atoms with van der Waals surface area (Å²) < 4.78 is 42.5. The number of hydrogen-bond donors (Lipinski definition) is 0. The van der Waals surface area contributed by atoms with E-state index in [9.17, 15) is 22.4 Å². The zero-order valence-corrected chi connectivity index (χ0v) is 17.9. The Balaban J connectivity index is 1.44. The maximum atomic E-state index is 13.0. The van der Waals surface area contributed by atoms with Crippen LogP contribution in [-0.2, 0) is 28.3 Å². The third-order valence-corrected chi connectivity index (χ3v) is 8.15. The van der Waals surface area contributed by atoms with Gasteiger partial charge in [0.2, 0.25) is 15.9 Å². The molecule has 0 radical (unpaired) electrons. The molecule has 2 heterocycles. The van der Waals surface area contributed by atoms with Crippen molar-refractivity contribution in [1.29, 1.82) is 0 Å². The predicted octanol–water partition coefficient (Wildman–Crippen LogP) is 1.81. The lowest BCUT2D eigenvalue weighted by atomic mass is 10.1. The Labute approximate surface area is 177 Å². The highest BCUT2D eigenvalue weighted by Gasteiger charge is 2.30. The SMILES string of the molecule is Cn1c(=O)sc2cc(S(=O)(=O)N3CCN(C(=O)Cc4ccc(F)cc4)CC3)ccc21.